The number of aromatic nitrogens is 2. The highest BCUT2D eigenvalue weighted by Crippen LogP contribution is 2.33. The molecule has 1 aromatic carbocycles. The lowest BCUT2D eigenvalue weighted by molar-refractivity contribution is -0.384. The molecule has 10 heteroatoms. The Labute approximate surface area is 152 Å². The van der Waals surface area contributed by atoms with Crippen molar-refractivity contribution in [2.75, 3.05) is 11.1 Å². The van der Waals surface area contributed by atoms with Crippen molar-refractivity contribution in [1.82, 2.24) is 9.97 Å². The van der Waals surface area contributed by atoms with Crippen LogP contribution in [0, 0.1) is 21.4 Å². The van der Waals surface area contributed by atoms with E-state index in [4.69, 9.17) is 5.73 Å². The molecule has 0 atom stereocenters. The molecule has 0 bridgehead atoms. The van der Waals surface area contributed by atoms with Crippen molar-refractivity contribution in [3.8, 4) is 17.3 Å². The normalized spacial score (nSPS) is 13.0. The fourth-order valence-electron chi connectivity index (χ4n) is 2.24. The van der Waals surface area contributed by atoms with Crippen LogP contribution < -0.4 is 11.1 Å². The Morgan fingerprint density at radius 3 is 2.85 bits per heavy atom. The maximum absolute atomic E-state index is 11.1. The summed E-state index contributed by atoms with van der Waals surface area (Å²) in [6.45, 7) is 0. The van der Waals surface area contributed by atoms with Crippen LogP contribution in [0.4, 0.5) is 11.6 Å². The van der Waals surface area contributed by atoms with E-state index in [1.165, 1.54) is 18.2 Å². The molecule has 0 aliphatic heterocycles. The molecule has 1 aliphatic carbocycles. The molecule has 0 unspecified atom stereocenters. The average molecular weight is 370 g/mol. The van der Waals surface area contributed by atoms with Crippen molar-refractivity contribution in [1.29, 1.82) is 5.26 Å². The van der Waals surface area contributed by atoms with Crippen LogP contribution in [0.25, 0.3) is 11.3 Å². The summed E-state index contributed by atoms with van der Waals surface area (Å²) >= 11 is 1.04. The lowest BCUT2D eigenvalue weighted by Gasteiger charge is -2.11. The number of hydrogen-bond donors (Lipinski definition) is 2. The van der Waals surface area contributed by atoms with Gasteiger partial charge >= 0.3 is 0 Å². The lowest BCUT2D eigenvalue weighted by atomic mass is 10.1. The summed E-state index contributed by atoms with van der Waals surface area (Å²) in [5.74, 6) is -0.255. The van der Waals surface area contributed by atoms with Gasteiger partial charge in [0.1, 0.15) is 16.7 Å². The third-order valence-corrected chi connectivity index (χ3v) is 4.58. The number of benzene rings is 1. The molecule has 1 saturated carbocycles. The Morgan fingerprint density at radius 1 is 1.46 bits per heavy atom. The van der Waals surface area contributed by atoms with E-state index >= 15 is 0 Å². The molecular formula is C16H14N6O3S. The van der Waals surface area contributed by atoms with Crippen molar-refractivity contribution >= 4 is 29.3 Å². The largest absolute Gasteiger partial charge is 0.369 e. The van der Waals surface area contributed by atoms with Gasteiger partial charge in [0, 0.05) is 23.7 Å². The maximum Gasteiger partial charge on any atom is 0.270 e. The number of nitrogens with zero attached hydrogens (tertiary/aromatic N) is 4. The number of nitro benzene ring substituents is 1. The number of nitrogens with two attached hydrogens (primary N) is 1. The molecule has 3 rings (SSSR count). The minimum absolute atomic E-state index is 0.0388. The quantitative estimate of drug-likeness (QED) is 0.326. The summed E-state index contributed by atoms with van der Waals surface area (Å²) in [7, 11) is 0. The molecule has 0 saturated heterocycles. The van der Waals surface area contributed by atoms with Gasteiger partial charge in [-0.2, -0.15) is 5.26 Å². The number of nitriles is 1. The number of primary amides is 1. The highest BCUT2D eigenvalue weighted by Gasteiger charge is 2.24. The fourth-order valence-corrected chi connectivity index (χ4v) is 2.95. The highest BCUT2D eigenvalue weighted by atomic mass is 32.2. The molecule has 0 radical (unpaired) electrons. The van der Waals surface area contributed by atoms with Crippen LogP contribution in [0.3, 0.4) is 0 Å². The van der Waals surface area contributed by atoms with Gasteiger partial charge in [0.2, 0.25) is 11.9 Å². The first-order valence-electron chi connectivity index (χ1n) is 7.72. The standard InChI is InChI=1S/C16H14N6O3S/c17-7-12-14(9-2-1-3-11(6-9)22(24)25)20-16(19-10-4-5-10)21-15(12)26-8-13(18)23/h1-3,6,10H,4-5,8H2,(H2,18,23)(H,19,20,21). The van der Waals surface area contributed by atoms with E-state index in [0.29, 0.717) is 16.5 Å². The van der Waals surface area contributed by atoms with Gasteiger partial charge in [0.05, 0.1) is 16.4 Å². The smallest absolute Gasteiger partial charge is 0.270 e. The topological polar surface area (TPSA) is 148 Å². The van der Waals surface area contributed by atoms with Crippen molar-refractivity contribution in [3.63, 3.8) is 0 Å². The van der Waals surface area contributed by atoms with Crippen LogP contribution in [0.15, 0.2) is 29.3 Å². The summed E-state index contributed by atoms with van der Waals surface area (Å²) in [4.78, 5) is 30.3. The van der Waals surface area contributed by atoms with E-state index in [2.05, 4.69) is 15.3 Å². The van der Waals surface area contributed by atoms with Crippen molar-refractivity contribution in [3.05, 3.63) is 39.9 Å². The van der Waals surface area contributed by atoms with Gasteiger partial charge in [0.15, 0.2) is 0 Å². The monoisotopic (exact) mass is 370 g/mol. The number of carbonyl (C=O) groups is 1. The molecule has 0 spiro atoms. The van der Waals surface area contributed by atoms with Crippen LogP contribution in [0.5, 0.6) is 0 Å². The zero-order valence-corrected chi connectivity index (χ0v) is 14.3. The van der Waals surface area contributed by atoms with E-state index in [0.717, 1.165) is 24.6 Å². The number of amides is 1. The molecule has 1 amide bonds. The van der Waals surface area contributed by atoms with E-state index in [-0.39, 0.29) is 28.7 Å². The van der Waals surface area contributed by atoms with Gasteiger partial charge in [-0.15, -0.1) is 0 Å². The summed E-state index contributed by atoms with van der Waals surface area (Å²) < 4.78 is 0. The van der Waals surface area contributed by atoms with Gasteiger partial charge in [-0.25, -0.2) is 9.97 Å². The lowest BCUT2D eigenvalue weighted by Crippen LogP contribution is -2.14. The molecule has 1 fully saturated rings. The zero-order chi connectivity index (χ0) is 18.7. The van der Waals surface area contributed by atoms with E-state index in [1.54, 1.807) is 6.07 Å². The summed E-state index contributed by atoms with van der Waals surface area (Å²) in [6, 6.07) is 8.19. The fraction of sp³-hybridized carbons (Fsp3) is 0.250. The van der Waals surface area contributed by atoms with Crippen molar-refractivity contribution in [2.24, 2.45) is 5.73 Å². The number of carbonyl (C=O) groups excluding carboxylic acids is 1. The molecule has 9 nitrogen and oxygen atoms in total. The summed E-state index contributed by atoms with van der Waals surface area (Å²) in [5, 5.41) is 24.1. The van der Waals surface area contributed by atoms with Crippen LogP contribution in [-0.4, -0.2) is 32.6 Å². The number of hydrogen-bond acceptors (Lipinski definition) is 8. The minimum atomic E-state index is -0.536. The third-order valence-electron chi connectivity index (χ3n) is 3.58. The molecule has 132 valence electrons. The minimum Gasteiger partial charge on any atom is -0.369 e. The van der Waals surface area contributed by atoms with E-state index in [9.17, 15) is 20.2 Å². The first-order chi connectivity index (χ1) is 12.5. The van der Waals surface area contributed by atoms with E-state index < -0.39 is 10.8 Å². The van der Waals surface area contributed by atoms with Crippen molar-refractivity contribution in [2.45, 2.75) is 23.9 Å². The van der Waals surface area contributed by atoms with Crippen LogP contribution >= 0.6 is 11.8 Å². The molecule has 1 heterocycles. The van der Waals surface area contributed by atoms with Crippen LogP contribution in [0.2, 0.25) is 0 Å². The first-order valence-corrected chi connectivity index (χ1v) is 8.71. The van der Waals surface area contributed by atoms with E-state index in [1.807, 2.05) is 6.07 Å². The second kappa shape index (κ2) is 7.37. The predicted octanol–water partition coefficient (Wildman–Crippen LogP) is 2.08. The molecule has 3 N–H and O–H groups in total. The molecule has 1 aromatic heterocycles. The van der Waals surface area contributed by atoms with Crippen LogP contribution in [0.1, 0.15) is 18.4 Å². The SMILES string of the molecule is N#Cc1c(SCC(N)=O)nc(NC2CC2)nc1-c1cccc([N+](=O)[O-])c1. The summed E-state index contributed by atoms with van der Waals surface area (Å²) in [5.41, 5.74) is 5.94. The second-order valence-corrected chi connectivity index (χ2v) is 6.63. The number of anilines is 1. The average Bonchev–Trinajstić information content (AvgIpc) is 3.43. The Bertz CT molecular complexity index is 923. The van der Waals surface area contributed by atoms with Gasteiger partial charge in [-0.3, -0.25) is 14.9 Å². The van der Waals surface area contributed by atoms with Crippen LogP contribution in [-0.2, 0) is 4.79 Å². The Hall–Kier alpha value is -3.19. The molecular weight excluding hydrogens is 356 g/mol. The Kier molecular flexibility index (Phi) is 4.99. The predicted molar refractivity (Wildman–Crippen MR) is 95.4 cm³/mol. The summed E-state index contributed by atoms with van der Waals surface area (Å²) in [6.07, 6.45) is 2.00. The second-order valence-electron chi connectivity index (χ2n) is 5.67. The number of nitro groups is 1. The first kappa shape index (κ1) is 17.6. The van der Waals surface area contributed by atoms with Gasteiger partial charge in [0.25, 0.3) is 5.69 Å². The number of thioether (sulfide) groups is 1. The Balaban J connectivity index is 2.10. The maximum atomic E-state index is 11.1. The van der Waals surface area contributed by atoms with Crippen molar-refractivity contribution < 1.29 is 9.72 Å². The van der Waals surface area contributed by atoms with Gasteiger partial charge in [-0.1, -0.05) is 23.9 Å². The number of non-ortho nitro benzene ring substituents is 1. The third kappa shape index (κ3) is 4.07. The highest BCUT2D eigenvalue weighted by molar-refractivity contribution is 8.00. The number of nitrogens with one attached hydrogen (secondary N) is 1. The zero-order valence-electron chi connectivity index (χ0n) is 13.5. The number of rotatable bonds is 7. The Morgan fingerprint density at radius 2 is 2.23 bits per heavy atom. The molecule has 1 aliphatic rings. The molecule has 2 aromatic rings. The van der Waals surface area contributed by atoms with Gasteiger partial charge in [-0.05, 0) is 12.8 Å². The molecule has 26 heavy (non-hydrogen) atoms. The van der Waals surface area contributed by atoms with Gasteiger partial charge < -0.3 is 11.1 Å².